The van der Waals surface area contributed by atoms with Crippen LogP contribution in [-0.2, 0) is 10.2 Å². The minimum absolute atomic E-state index is 0.0942. The Balaban J connectivity index is 1.78. The van der Waals surface area contributed by atoms with E-state index in [1.165, 1.54) is 0 Å². The highest BCUT2D eigenvalue weighted by atomic mass is 35.5. The third-order valence-electron chi connectivity index (χ3n) is 4.00. The van der Waals surface area contributed by atoms with E-state index in [1.54, 1.807) is 0 Å². The summed E-state index contributed by atoms with van der Waals surface area (Å²) in [7, 11) is 0. The lowest BCUT2D eigenvalue weighted by molar-refractivity contribution is -0.124. The van der Waals surface area contributed by atoms with Crippen LogP contribution in [0, 0.1) is 0 Å². The summed E-state index contributed by atoms with van der Waals surface area (Å²) in [6.07, 6.45) is 3.96. The first-order valence-corrected chi connectivity index (χ1v) is 6.68. The molecule has 0 unspecified atom stereocenters. The van der Waals surface area contributed by atoms with Crippen LogP contribution in [0.3, 0.4) is 0 Å². The van der Waals surface area contributed by atoms with Gasteiger partial charge in [0.1, 0.15) is 0 Å². The number of rotatable bonds is 4. The zero-order valence-electron chi connectivity index (χ0n) is 9.71. The van der Waals surface area contributed by atoms with Crippen molar-refractivity contribution in [3.05, 3.63) is 35.9 Å². The van der Waals surface area contributed by atoms with Gasteiger partial charge in [0.2, 0.25) is 5.91 Å². The molecule has 0 heterocycles. The summed E-state index contributed by atoms with van der Waals surface area (Å²) >= 11 is 5.90. The maximum atomic E-state index is 12.4. The molecular formula is C14H16ClNO. The second-order valence-corrected chi connectivity index (χ2v) is 5.58. The number of carbonyl (C=O) groups excluding carboxylic acids is 1. The van der Waals surface area contributed by atoms with Crippen molar-refractivity contribution in [2.75, 3.05) is 5.88 Å². The van der Waals surface area contributed by atoms with E-state index in [2.05, 4.69) is 5.32 Å². The molecule has 1 amide bonds. The molecule has 3 rings (SSSR count). The minimum atomic E-state index is -0.261. The summed E-state index contributed by atoms with van der Waals surface area (Å²) in [6.45, 7) is 0. The lowest BCUT2D eigenvalue weighted by Gasteiger charge is -2.20. The zero-order chi connectivity index (χ0) is 11.9. The van der Waals surface area contributed by atoms with Crippen LogP contribution in [-0.4, -0.2) is 17.3 Å². The highest BCUT2D eigenvalue weighted by Crippen LogP contribution is 2.49. The fraction of sp³-hybridized carbons (Fsp3) is 0.500. The summed E-state index contributed by atoms with van der Waals surface area (Å²) in [4.78, 5) is 12.4. The van der Waals surface area contributed by atoms with Crippen molar-refractivity contribution in [1.29, 1.82) is 0 Å². The topological polar surface area (TPSA) is 29.1 Å². The number of nitrogens with one attached hydrogen (secondary N) is 1. The quantitative estimate of drug-likeness (QED) is 0.817. The molecule has 0 aromatic heterocycles. The van der Waals surface area contributed by atoms with Crippen LogP contribution in [0.25, 0.3) is 0 Å². The van der Waals surface area contributed by atoms with E-state index in [-0.39, 0.29) is 16.9 Å². The van der Waals surface area contributed by atoms with Gasteiger partial charge in [-0.3, -0.25) is 4.79 Å². The zero-order valence-corrected chi connectivity index (χ0v) is 10.5. The molecule has 0 spiro atoms. The van der Waals surface area contributed by atoms with Gasteiger partial charge >= 0.3 is 0 Å². The number of amides is 1. The first-order chi connectivity index (χ1) is 8.21. The largest absolute Gasteiger partial charge is 0.349 e. The monoisotopic (exact) mass is 249 g/mol. The van der Waals surface area contributed by atoms with Crippen molar-refractivity contribution in [3.8, 4) is 0 Å². The first kappa shape index (κ1) is 11.1. The summed E-state index contributed by atoms with van der Waals surface area (Å²) in [5, 5.41) is 3.15. The summed E-state index contributed by atoms with van der Waals surface area (Å²) in [5.41, 5.74) is 0.786. The van der Waals surface area contributed by atoms with Gasteiger partial charge in [-0.05, 0) is 31.2 Å². The third kappa shape index (κ3) is 1.85. The molecule has 90 valence electrons. The molecule has 1 N–H and O–H groups in total. The Bertz CT molecular complexity index is 435. The molecule has 2 nitrogen and oxygen atoms in total. The third-order valence-corrected chi connectivity index (χ3v) is 4.51. The molecule has 1 aromatic carbocycles. The lowest BCUT2D eigenvalue weighted by atomic mass is 9.94. The smallest absolute Gasteiger partial charge is 0.231 e. The van der Waals surface area contributed by atoms with Crippen LogP contribution in [0.2, 0.25) is 0 Å². The first-order valence-electron chi connectivity index (χ1n) is 6.15. The molecule has 17 heavy (non-hydrogen) atoms. The molecule has 0 radical (unpaired) electrons. The molecule has 2 aliphatic rings. The van der Waals surface area contributed by atoms with Crippen LogP contribution >= 0.6 is 11.6 Å². The molecule has 2 aliphatic carbocycles. The number of hydrogen-bond acceptors (Lipinski definition) is 1. The summed E-state index contributed by atoms with van der Waals surface area (Å²) < 4.78 is 0. The van der Waals surface area contributed by atoms with E-state index in [0.29, 0.717) is 5.88 Å². The number of alkyl halides is 1. The van der Waals surface area contributed by atoms with Crippen molar-refractivity contribution < 1.29 is 4.79 Å². The lowest BCUT2D eigenvalue weighted by Crippen LogP contribution is -2.44. The average molecular weight is 250 g/mol. The molecule has 1 aromatic rings. The Hall–Kier alpha value is -1.02. The molecule has 0 saturated heterocycles. The Morgan fingerprint density at radius 1 is 1.18 bits per heavy atom. The van der Waals surface area contributed by atoms with E-state index in [0.717, 1.165) is 31.2 Å². The van der Waals surface area contributed by atoms with Gasteiger partial charge in [-0.15, -0.1) is 11.6 Å². The molecular weight excluding hydrogens is 234 g/mol. The molecule has 0 aliphatic heterocycles. The van der Waals surface area contributed by atoms with Crippen molar-refractivity contribution in [3.63, 3.8) is 0 Å². The maximum absolute atomic E-state index is 12.4. The second-order valence-electron chi connectivity index (χ2n) is 5.32. The normalized spacial score (nSPS) is 22.9. The van der Waals surface area contributed by atoms with E-state index in [9.17, 15) is 4.79 Å². The van der Waals surface area contributed by atoms with Crippen LogP contribution < -0.4 is 5.32 Å². The van der Waals surface area contributed by atoms with Gasteiger partial charge in [0.05, 0.1) is 11.0 Å². The second kappa shape index (κ2) is 3.74. The van der Waals surface area contributed by atoms with Gasteiger partial charge < -0.3 is 5.32 Å². The van der Waals surface area contributed by atoms with Crippen LogP contribution in [0.4, 0.5) is 0 Å². The van der Waals surface area contributed by atoms with E-state index >= 15 is 0 Å². The fourth-order valence-corrected chi connectivity index (χ4v) is 2.67. The van der Waals surface area contributed by atoms with Crippen molar-refractivity contribution in [2.24, 2.45) is 0 Å². The van der Waals surface area contributed by atoms with Crippen LogP contribution in [0.1, 0.15) is 31.2 Å². The van der Waals surface area contributed by atoms with Gasteiger partial charge in [-0.2, -0.15) is 0 Å². The highest BCUT2D eigenvalue weighted by molar-refractivity contribution is 6.19. The average Bonchev–Trinajstić information content (AvgIpc) is 3.26. The van der Waals surface area contributed by atoms with Gasteiger partial charge in [-0.25, -0.2) is 0 Å². The van der Waals surface area contributed by atoms with Crippen molar-refractivity contribution >= 4 is 17.5 Å². The maximum Gasteiger partial charge on any atom is 0.231 e. The minimum Gasteiger partial charge on any atom is -0.349 e. The Labute approximate surface area is 106 Å². The number of benzene rings is 1. The van der Waals surface area contributed by atoms with Crippen molar-refractivity contribution in [2.45, 2.75) is 36.6 Å². The molecule has 2 fully saturated rings. The predicted octanol–water partition coefficient (Wildman–Crippen LogP) is 2.61. The Morgan fingerprint density at radius 2 is 1.82 bits per heavy atom. The standard InChI is InChI=1S/C14H16ClNO/c15-10-13(6-7-13)16-12(17)14(8-9-14)11-4-2-1-3-5-11/h1-5H,6-10H2,(H,16,17). The van der Waals surface area contributed by atoms with Gasteiger partial charge in [0.25, 0.3) is 0 Å². The number of carbonyl (C=O) groups is 1. The molecule has 0 atom stereocenters. The fourth-order valence-electron chi connectivity index (χ4n) is 2.33. The molecule has 2 saturated carbocycles. The SMILES string of the molecule is O=C(NC1(CCl)CC1)C1(c2ccccc2)CC1. The van der Waals surface area contributed by atoms with Crippen LogP contribution in [0.15, 0.2) is 30.3 Å². The molecule has 3 heteroatoms. The number of hydrogen-bond donors (Lipinski definition) is 1. The van der Waals surface area contributed by atoms with E-state index in [1.807, 2.05) is 30.3 Å². The number of halogens is 1. The van der Waals surface area contributed by atoms with Gasteiger partial charge in [-0.1, -0.05) is 30.3 Å². The Morgan fingerprint density at radius 3 is 2.29 bits per heavy atom. The molecule has 0 bridgehead atoms. The van der Waals surface area contributed by atoms with Gasteiger partial charge in [0.15, 0.2) is 0 Å². The Kier molecular flexibility index (Phi) is 2.44. The van der Waals surface area contributed by atoms with E-state index in [4.69, 9.17) is 11.6 Å². The van der Waals surface area contributed by atoms with E-state index < -0.39 is 0 Å². The summed E-state index contributed by atoms with van der Waals surface area (Å²) in [6, 6.07) is 10.1. The highest BCUT2D eigenvalue weighted by Gasteiger charge is 2.54. The predicted molar refractivity (Wildman–Crippen MR) is 68.2 cm³/mol. The van der Waals surface area contributed by atoms with Crippen molar-refractivity contribution in [1.82, 2.24) is 5.32 Å². The summed E-state index contributed by atoms with van der Waals surface area (Å²) in [5.74, 6) is 0.700. The van der Waals surface area contributed by atoms with Crippen LogP contribution in [0.5, 0.6) is 0 Å². The van der Waals surface area contributed by atoms with Gasteiger partial charge in [0, 0.05) is 5.88 Å².